The van der Waals surface area contributed by atoms with Gasteiger partial charge in [-0.2, -0.15) is 0 Å². The number of hydrogen-bond donors (Lipinski definition) is 1. The average Bonchev–Trinajstić information content (AvgIpc) is 2.52. The molecule has 0 fully saturated rings. The zero-order chi connectivity index (χ0) is 16.9. The van der Waals surface area contributed by atoms with Gasteiger partial charge in [0, 0.05) is 10.1 Å². The second-order valence-corrected chi connectivity index (χ2v) is 8.78. The molecule has 1 amide bonds. The van der Waals surface area contributed by atoms with E-state index in [0.29, 0.717) is 12.2 Å². The summed E-state index contributed by atoms with van der Waals surface area (Å²) >= 11 is 2.15. The first-order valence-corrected chi connectivity index (χ1v) is 10.5. The van der Waals surface area contributed by atoms with Gasteiger partial charge in [-0.05, 0) is 72.5 Å². The van der Waals surface area contributed by atoms with Gasteiger partial charge in [0.15, 0.2) is 0 Å². The summed E-state index contributed by atoms with van der Waals surface area (Å²) in [6.45, 7) is 0.301. The van der Waals surface area contributed by atoms with E-state index in [2.05, 4.69) is 34.0 Å². The Morgan fingerprint density at radius 3 is 2.52 bits per heavy atom. The van der Waals surface area contributed by atoms with Gasteiger partial charge in [0.05, 0.1) is 11.9 Å². The van der Waals surface area contributed by atoms with Crippen LogP contribution in [-0.2, 0) is 14.8 Å². The number of rotatable bonds is 6. The summed E-state index contributed by atoms with van der Waals surface area (Å²) in [5.41, 5.74) is 1.73. The molecule has 0 aliphatic heterocycles. The molecule has 1 N–H and O–H groups in total. The molecule has 0 spiro atoms. The lowest BCUT2D eigenvalue weighted by Gasteiger charge is -2.22. The van der Waals surface area contributed by atoms with E-state index >= 15 is 0 Å². The molecule has 23 heavy (non-hydrogen) atoms. The number of nitrogens with zero attached hydrogens (tertiary/aromatic N) is 1. The van der Waals surface area contributed by atoms with Gasteiger partial charge in [-0.15, -0.1) is 0 Å². The van der Waals surface area contributed by atoms with Gasteiger partial charge in [0.2, 0.25) is 15.9 Å². The quantitative estimate of drug-likeness (QED) is 0.538. The highest BCUT2D eigenvalue weighted by Gasteiger charge is 2.20. The summed E-state index contributed by atoms with van der Waals surface area (Å²) in [6, 6.07) is 7.05. The molecule has 0 atom stereocenters. The Morgan fingerprint density at radius 2 is 1.96 bits per heavy atom. The average molecular weight is 448 g/mol. The normalized spacial score (nSPS) is 15.0. The minimum Gasteiger partial charge on any atom is -0.351 e. The molecule has 1 aliphatic rings. The lowest BCUT2D eigenvalue weighted by molar-refractivity contribution is -0.119. The number of hydrogen-bond acceptors (Lipinski definition) is 3. The molecule has 0 saturated carbocycles. The van der Waals surface area contributed by atoms with Crippen molar-refractivity contribution in [1.82, 2.24) is 5.32 Å². The smallest absolute Gasteiger partial charge is 0.241 e. The van der Waals surface area contributed by atoms with Gasteiger partial charge in [-0.25, -0.2) is 8.42 Å². The fraction of sp³-hybridized carbons (Fsp3) is 0.438. The van der Waals surface area contributed by atoms with E-state index in [1.807, 2.05) is 12.1 Å². The summed E-state index contributed by atoms with van der Waals surface area (Å²) in [5.74, 6) is -0.291. The van der Waals surface area contributed by atoms with Gasteiger partial charge >= 0.3 is 0 Å². The van der Waals surface area contributed by atoms with Crippen molar-refractivity contribution >= 4 is 44.2 Å². The standard InChI is InChI=1S/C16H21IN2O3S/c1-23(21,22)19(15-9-7-14(17)8-10-15)12-16(20)18-11-13-5-3-2-4-6-13/h5,7-10H,2-4,6,11-12H2,1H3,(H,18,20). The number of halogens is 1. The molecule has 7 heteroatoms. The molecule has 0 radical (unpaired) electrons. The fourth-order valence-corrected chi connectivity index (χ4v) is 3.69. The van der Waals surface area contributed by atoms with Crippen molar-refractivity contribution in [3.05, 3.63) is 39.5 Å². The molecule has 1 aromatic carbocycles. The van der Waals surface area contributed by atoms with Crippen LogP contribution in [0.15, 0.2) is 35.9 Å². The van der Waals surface area contributed by atoms with Crippen LogP contribution in [0.1, 0.15) is 25.7 Å². The van der Waals surface area contributed by atoms with Crippen molar-refractivity contribution in [2.45, 2.75) is 25.7 Å². The number of amides is 1. The van der Waals surface area contributed by atoms with E-state index in [9.17, 15) is 13.2 Å². The second kappa shape index (κ2) is 8.14. The van der Waals surface area contributed by atoms with Gasteiger partial charge in [-0.1, -0.05) is 11.6 Å². The molecule has 2 rings (SSSR count). The van der Waals surface area contributed by atoms with Crippen molar-refractivity contribution < 1.29 is 13.2 Å². The number of carbonyl (C=O) groups excluding carboxylic acids is 1. The van der Waals surface area contributed by atoms with Crippen molar-refractivity contribution in [2.75, 3.05) is 23.7 Å². The molecule has 1 aliphatic carbocycles. The first-order valence-electron chi connectivity index (χ1n) is 7.54. The topological polar surface area (TPSA) is 66.5 Å². The van der Waals surface area contributed by atoms with Crippen LogP contribution >= 0.6 is 22.6 Å². The maximum Gasteiger partial charge on any atom is 0.241 e. The Morgan fingerprint density at radius 1 is 1.26 bits per heavy atom. The first-order chi connectivity index (χ1) is 10.9. The number of allylic oxidation sites excluding steroid dienone is 1. The predicted molar refractivity (Wildman–Crippen MR) is 101 cm³/mol. The van der Waals surface area contributed by atoms with E-state index in [0.717, 1.165) is 33.4 Å². The molecule has 0 unspecified atom stereocenters. The first kappa shape index (κ1) is 18.3. The lowest BCUT2D eigenvalue weighted by Crippen LogP contribution is -2.41. The summed E-state index contributed by atoms with van der Waals surface area (Å²) < 4.78 is 26.1. The zero-order valence-corrected chi connectivity index (χ0v) is 16.1. The summed E-state index contributed by atoms with van der Waals surface area (Å²) in [5, 5.41) is 2.82. The highest BCUT2D eigenvalue weighted by atomic mass is 127. The second-order valence-electron chi connectivity index (χ2n) is 5.63. The van der Waals surface area contributed by atoms with Crippen LogP contribution in [0.5, 0.6) is 0 Å². The van der Waals surface area contributed by atoms with Crippen LogP contribution in [0.3, 0.4) is 0 Å². The van der Waals surface area contributed by atoms with E-state index in [1.165, 1.54) is 12.0 Å². The summed E-state index contributed by atoms with van der Waals surface area (Å²) in [7, 11) is -3.51. The largest absolute Gasteiger partial charge is 0.351 e. The lowest BCUT2D eigenvalue weighted by atomic mass is 10.00. The van der Waals surface area contributed by atoms with E-state index in [4.69, 9.17) is 0 Å². The van der Waals surface area contributed by atoms with Gasteiger partial charge in [0.25, 0.3) is 0 Å². The Bertz CT molecular complexity index is 684. The Balaban J connectivity index is 2.01. The number of benzene rings is 1. The molecule has 0 saturated heterocycles. The Hall–Kier alpha value is -1.09. The number of carbonyl (C=O) groups is 1. The van der Waals surface area contributed by atoms with Crippen LogP contribution in [-0.4, -0.2) is 33.7 Å². The van der Waals surface area contributed by atoms with Crippen LogP contribution < -0.4 is 9.62 Å². The molecular formula is C16H21IN2O3S. The highest BCUT2D eigenvalue weighted by Crippen LogP contribution is 2.19. The fourth-order valence-electron chi connectivity index (χ4n) is 2.47. The SMILES string of the molecule is CS(=O)(=O)N(CC(=O)NCC1=CCCCC1)c1ccc(I)cc1. The minimum atomic E-state index is -3.51. The summed E-state index contributed by atoms with van der Waals surface area (Å²) in [6.07, 6.45) is 7.70. The van der Waals surface area contributed by atoms with Gasteiger partial charge in [-0.3, -0.25) is 9.10 Å². The minimum absolute atomic E-state index is 0.202. The van der Waals surface area contributed by atoms with Crippen LogP contribution in [0.4, 0.5) is 5.69 Å². The van der Waals surface area contributed by atoms with Gasteiger partial charge in [0.1, 0.15) is 6.54 Å². The monoisotopic (exact) mass is 448 g/mol. The van der Waals surface area contributed by atoms with Crippen LogP contribution in [0, 0.1) is 3.57 Å². The van der Waals surface area contributed by atoms with Crippen molar-refractivity contribution in [1.29, 1.82) is 0 Å². The van der Waals surface area contributed by atoms with Crippen molar-refractivity contribution in [2.24, 2.45) is 0 Å². The van der Waals surface area contributed by atoms with E-state index in [-0.39, 0.29) is 12.5 Å². The third-order valence-electron chi connectivity index (χ3n) is 3.70. The molecule has 5 nitrogen and oxygen atoms in total. The number of sulfonamides is 1. The van der Waals surface area contributed by atoms with Crippen molar-refractivity contribution in [3.8, 4) is 0 Å². The molecule has 0 bridgehead atoms. The van der Waals surface area contributed by atoms with E-state index in [1.54, 1.807) is 12.1 Å². The molecular weight excluding hydrogens is 427 g/mol. The molecule has 126 valence electrons. The zero-order valence-electron chi connectivity index (χ0n) is 13.1. The highest BCUT2D eigenvalue weighted by molar-refractivity contribution is 14.1. The predicted octanol–water partition coefficient (Wildman–Crippen LogP) is 2.67. The molecule has 0 aromatic heterocycles. The Kier molecular flexibility index (Phi) is 6.46. The molecule has 1 aromatic rings. The summed E-state index contributed by atoms with van der Waals surface area (Å²) in [4.78, 5) is 12.1. The van der Waals surface area contributed by atoms with Gasteiger partial charge < -0.3 is 5.32 Å². The number of nitrogens with one attached hydrogen (secondary N) is 1. The third-order valence-corrected chi connectivity index (χ3v) is 5.56. The maximum absolute atomic E-state index is 12.1. The number of anilines is 1. The molecule has 0 heterocycles. The Labute approximate surface area is 151 Å². The van der Waals surface area contributed by atoms with Crippen LogP contribution in [0.25, 0.3) is 0 Å². The van der Waals surface area contributed by atoms with Crippen LogP contribution in [0.2, 0.25) is 0 Å². The maximum atomic E-state index is 12.1. The van der Waals surface area contributed by atoms with E-state index < -0.39 is 10.0 Å². The van der Waals surface area contributed by atoms with Crippen molar-refractivity contribution in [3.63, 3.8) is 0 Å². The third kappa shape index (κ3) is 5.80.